The molecule has 18 heavy (non-hydrogen) atoms. The largest absolute Gasteiger partial charge is 0.381 e. The molecular formula is C16H27NO. The summed E-state index contributed by atoms with van der Waals surface area (Å²) in [5.74, 6) is 1.14. The molecule has 0 amide bonds. The van der Waals surface area contributed by atoms with Gasteiger partial charge in [0.05, 0.1) is 0 Å². The van der Waals surface area contributed by atoms with Gasteiger partial charge < -0.3 is 10.5 Å². The topological polar surface area (TPSA) is 35.2 Å². The highest BCUT2D eigenvalue weighted by Gasteiger charge is 2.09. The van der Waals surface area contributed by atoms with Crippen molar-refractivity contribution in [1.82, 2.24) is 0 Å². The third-order valence-electron chi connectivity index (χ3n) is 3.22. The van der Waals surface area contributed by atoms with Crippen LogP contribution in [0.1, 0.15) is 31.4 Å². The van der Waals surface area contributed by atoms with Gasteiger partial charge in [0.2, 0.25) is 0 Å². The van der Waals surface area contributed by atoms with Crippen LogP contribution in [0.15, 0.2) is 24.3 Å². The molecule has 2 nitrogen and oxygen atoms in total. The zero-order valence-electron chi connectivity index (χ0n) is 12.0. The number of hydrogen-bond donors (Lipinski definition) is 1. The molecule has 0 aliphatic heterocycles. The zero-order chi connectivity index (χ0) is 13.4. The molecule has 1 aromatic rings. The smallest absolute Gasteiger partial charge is 0.0488 e. The third kappa shape index (κ3) is 5.65. The molecule has 2 N–H and O–H groups in total. The third-order valence-corrected chi connectivity index (χ3v) is 3.22. The van der Waals surface area contributed by atoms with Gasteiger partial charge in [-0.05, 0) is 49.3 Å². The first-order chi connectivity index (χ1) is 8.63. The molecule has 0 saturated carbocycles. The van der Waals surface area contributed by atoms with Crippen LogP contribution >= 0.6 is 0 Å². The number of ether oxygens (including phenoxy) is 1. The van der Waals surface area contributed by atoms with Gasteiger partial charge in [-0.25, -0.2) is 0 Å². The summed E-state index contributed by atoms with van der Waals surface area (Å²) in [4.78, 5) is 0. The van der Waals surface area contributed by atoms with Crippen LogP contribution in [0.3, 0.4) is 0 Å². The van der Waals surface area contributed by atoms with Gasteiger partial charge in [-0.2, -0.15) is 0 Å². The maximum absolute atomic E-state index is 5.86. The molecule has 1 unspecified atom stereocenters. The van der Waals surface area contributed by atoms with Crippen molar-refractivity contribution in [2.24, 2.45) is 17.6 Å². The van der Waals surface area contributed by atoms with E-state index in [9.17, 15) is 0 Å². The molecule has 0 aromatic heterocycles. The summed E-state index contributed by atoms with van der Waals surface area (Å²) < 4.78 is 5.64. The van der Waals surface area contributed by atoms with E-state index >= 15 is 0 Å². The van der Waals surface area contributed by atoms with E-state index in [-0.39, 0.29) is 0 Å². The van der Waals surface area contributed by atoms with Gasteiger partial charge in [-0.1, -0.05) is 38.1 Å². The highest BCUT2D eigenvalue weighted by atomic mass is 16.5. The summed E-state index contributed by atoms with van der Waals surface area (Å²) in [5, 5.41) is 0. The fourth-order valence-electron chi connectivity index (χ4n) is 2.02. The van der Waals surface area contributed by atoms with Crippen LogP contribution in [0, 0.1) is 18.8 Å². The fraction of sp³-hybridized carbons (Fsp3) is 0.625. The lowest BCUT2D eigenvalue weighted by Gasteiger charge is -2.16. The van der Waals surface area contributed by atoms with Gasteiger partial charge in [0.1, 0.15) is 0 Å². The maximum atomic E-state index is 5.86. The molecule has 0 spiro atoms. The second kappa shape index (κ2) is 8.28. The Morgan fingerprint density at radius 2 is 1.94 bits per heavy atom. The molecule has 0 aliphatic rings. The summed E-state index contributed by atoms with van der Waals surface area (Å²) in [6.07, 6.45) is 2.12. The first-order valence-electron chi connectivity index (χ1n) is 6.95. The van der Waals surface area contributed by atoms with E-state index in [1.165, 1.54) is 11.1 Å². The molecular weight excluding hydrogens is 222 g/mol. The van der Waals surface area contributed by atoms with Crippen molar-refractivity contribution in [3.63, 3.8) is 0 Å². The van der Waals surface area contributed by atoms with Crippen molar-refractivity contribution < 1.29 is 4.74 Å². The highest BCUT2D eigenvalue weighted by molar-refractivity contribution is 5.25. The van der Waals surface area contributed by atoms with E-state index in [4.69, 9.17) is 10.5 Å². The lowest BCUT2D eigenvalue weighted by Crippen LogP contribution is -2.19. The van der Waals surface area contributed by atoms with E-state index in [0.717, 1.165) is 32.6 Å². The number of hydrogen-bond acceptors (Lipinski definition) is 2. The monoisotopic (exact) mass is 249 g/mol. The molecule has 1 rings (SSSR count). The summed E-state index contributed by atoms with van der Waals surface area (Å²) in [6, 6.07) is 8.55. The van der Waals surface area contributed by atoms with Gasteiger partial charge in [0.25, 0.3) is 0 Å². The van der Waals surface area contributed by atoms with E-state index in [1.807, 2.05) is 0 Å². The second-order valence-corrected chi connectivity index (χ2v) is 5.49. The van der Waals surface area contributed by atoms with Gasteiger partial charge >= 0.3 is 0 Å². The van der Waals surface area contributed by atoms with Crippen LogP contribution in [0.4, 0.5) is 0 Å². The second-order valence-electron chi connectivity index (χ2n) is 5.49. The summed E-state index contributed by atoms with van der Waals surface area (Å²) in [6.45, 7) is 8.92. The van der Waals surface area contributed by atoms with Crippen LogP contribution in [-0.2, 0) is 11.2 Å². The molecule has 1 aromatic carbocycles. The standard InChI is InChI=1S/C16H27NO/c1-13(2)12-18-9-8-15(11-17)10-16-7-5-4-6-14(16)3/h4-7,13,15H,8-12,17H2,1-3H3. The Morgan fingerprint density at radius 3 is 2.56 bits per heavy atom. The minimum atomic E-state index is 0.526. The van der Waals surface area contributed by atoms with Crippen molar-refractivity contribution in [1.29, 1.82) is 0 Å². The maximum Gasteiger partial charge on any atom is 0.0488 e. The predicted octanol–water partition coefficient (Wildman–Crippen LogP) is 3.18. The molecule has 0 fully saturated rings. The highest BCUT2D eigenvalue weighted by Crippen LogP contribution is 2.15. The Labute approximate surface area is 112 Å². The van der Waals surface area contributed by atoms with Gasteiger partial charge in [-0.15, -0.1) is 0 Å². The minimum Gasteiger partial charge on any atom is -0.381 e. The lowest BCUT2D eigenvalue weighted by atomic mass is 9.94. The minimum absolute atomic E-state index is 0.526. The molecule has 0 radical (unpaired) electrons. The van der Waals surface area contributed by atoms with Crippen molar-refractivity contribution in [2.45, 2.75) is 33.6 Å². The van der Waals surface area contributed by atoms with E-state index < -0.39 is 0 Å². The van der Waals surface area contributed by atoms with Crippen LogP contribution in [0.25, 0.3) is 0 Å². The van der Waals surface area contributed by atoms with E-state index in [1.54, 1.807) is 0 Å². The molecule has 0 saturated heterocycles. The molecule has 102 valence electrons. The Kier molecular flexibility index (Phi) is 6.99. The van der Waals surface area contributed by atoms with Gasteiger partial charge in [0, 0.05) is 13.2 Å². The normalized spacial score (nSPS) is 12.9. The SMILES string of the molecule is Cc1ccccc1CC(CN)CCOCC(C)C. The molecule has 0 heterocycles. The van der Waals surface area contributed by atoms with Crippen molar-refractivity contribution in [3.8, 4) is 0 Å². The Morgan fingerprint density at radius 1 is 1.22 bits per heavy atom. The van der Waals surface area contributed by atoms with E-state index in [2.05, 4.69) is 45.0 Å². The van der Waals surface area contributed by atoms with Crippen molar-refractivity contribution in [3.05, 3.63) is 35.4 Å². The first kappa shape index (κ1) is 15.2. The number of benzene rings is 1. The predicted molar refractivity (Wildman–Crippen MR) is 77.7 cm³/mol. The zero-order valence-corrected chi connectivity index (χ0v) is 12.0. The summed E-state index contributed by atoms with van der Waals surface area (Å²) in [5.41, 5.74) is 8.63. The number of aryl methyl sites for hydroxylation is 1. The number of rotatable bonds is 8. The number of nitrogens with two attached hydrogens (primary N) is 1. The lowest BCUT2D eigenvalue weighted by molar-refractivity contribution is 0.0984. The fourth-order valence-corrected chi connectivity index (χ4v) is 2.02. The average Bonchev–Trinajstić information content (AvgIpc) is 2.35. The Hall–Kier alpha value is -0.860. The Balaban J connectivity index is 2.36. The van der Waals surface area contributed by atoms with Crippen LogP contribution in [0.5, 0.6) is 0 Å². The van der Waals surface area contributed by atoms with Gasteiger partial charge in [-0.3, -0.25) is 0 Å². The summed E-state index contributed by atoms with van der Waals surface area (Å²) in [7, 11) is 0. The quantitative estimate of drug-likeness (QED) is 0.718. The molecule has 2 heteroatoms. The molecule has 0 bridgehead atoms. The van der Waals surface area contributed by atoms with Crippen molar-refractivity contribution >= 4 is 0 Å². The Bertz CT molecular complexity index is 336. The van der Waals surface area contributed by atoms with Crippen LogP contribution in [-0.4, -0.2) is 19.8 Å². The first-order valence-corrected chi connectivity index (χ1v) is 6.95. The molecule has 0 aliphatic carbocycles. The van der Waals surface area contributed by atoms with Crippen LogP contribution in [0.2, 0.25) is 0 Å². The summed E-state index contributed by atoms with van der Waals surface area (Å²) >= 11 is 0. The van der Waals surface area contributed by atoms with Gasteiger partial charge in [0.15, 0.2) is 0 Å². The average molecular weight is 249 g/mol. The van der Waals surface area contributed by atoms with E-state index in [0.29, 0.717) is 11.8 Å². The van der Waals surface area contributed by atoms with Crippen LogP contribution < -0.4 is 5.73 Å². The molecule has 1 atom stereocenters. The van der Waals surface area contributed by atoms with Crippen molar-refractivity contribution in [2.75, 3.05) is 19.8 Å².